The Balaban J connectivity index is 1.76. The SMILES string of the molecule is CC1C(=O)[C@H]2CC[C@@H](O)[C@](C)(C#C[C@@H](O)C3CCCCC3)[C@@H]12. The Morgan fingerprint density at radius 1 is 1.18 bits per heavy atom. The molecule has 22 heavy (non-hydrogen) atoms. The molecule has 1 unspecified atom stereocenters. The second-order valence-corrected chi connectivity index (χ2v) is 7.81. The van der Waals surface area contributed by atoms with E-state index in [-0.39, 0.29) is 23.7 Å². The van der Waals surface area contributed by atoms with Crippen LogP contribution in [0.3, 0.4) is 0 Å². The third-order valence-electron chi connectivity index (χ3n) is 6.51. The number of hydrogen-bond acceptors (Lipinski definition) is 3. The van der Waals surface area contributed by atoms with Crippen LogP contribution in [-0.2, 0) is 4.79 Å². The molecule has 3 aliphatic rings. The number of rotatable bonds is 1. The summed E-state index contributed by atoms with van der Waals surface area (Å²) < 4.78 is 0. The van der Waals surface area contributed by atoms with Gasteiger partial charge in [-0.05, 0) is 44.4 Å². The molecule has 0 aromatic heterocycles. The van der Waals surface area contributed by atoms with Crippen molar-refractivity contribution in [3.63, 3.8) is 0 Å². The van der Waals surface area contributed by atoms with Crippen molar-refractivity contribution in [1.29, 1.82) is 0 Å². The summed E-state index contributed by atoms with van der Waals surface area (Å²) in [5, 5.41) is 20.9. The monoisotopic (exact) mass is 304 g/mol. The second kappa shape index (κ2) is 5.98. The van der Waals surface area contributed by atoms with Gasteiger partial charge in [0.15, 0.2) is 0 Å². The minimum Gasteiger partial charge on any atom is -0.392 e. The first-order valence-electron chi connectivity index (χ1n) is 8.87. The van der Waals surface area contributed by atoms with Crippen LogP contribution in [0.15, 0.2) is 0 Å². The number of carbonyl (C=O) groups is 1. The van der Waals surface area contributed by atoms with E-state index >= 15 is 0 Å². The maximum atomic E-state index is 12.0. The Morgan fingerprint density at radius 2 is 1.86 bits per heavy atom. The lowest BCUT2D eigenvalue weighted by molar-refractivity contribution is -0.161. The molecule has 122 valence electrons. The third-order valence-corrected chi connectivity index (χ3v) is 6.51. The Labute approximate surface area is 133 Å². The van der Waals surface area contributed by atoms with Crippen LogP contribution in [0.5, 0.6) is 0 Å². The van der Waals surface area contributed by atoms with Crippen molar-refractivity contribution in [3.8, 4) is 11.8 Å². The fourth-order valence-electron chi connectivity index (χ4n) is 5.00. The van der Waals surface area contributed by atoms with Gasteiger partial charge >= 0.3 is 0 Å². The van der Waals surface area contributed by atoms with Gasteiger partial charge in [0.25, 0.3) is 0 Å². The van der Waals surface area contributed by atoms with Crippen LogP contribution in [0.4, 0.5) is 0 Å². The molecule has 0 radical (unpaired) electrons. The van der Waals surface area contributed by atoms with Crippen molar-refractivity contribution >= 4 is 5.78 Å². The van der Waals surface area contributed by atoms with Gasteiger partial charge in [0.1, 0.15) is 11.9 Å². The topological polar surface area (TPSA) is 57.5 Å². The number of fused-ring (bicyclic) bond motifs is 1. The number of aliphatic hydroxyl groups excluding tert-OH is 2. The van der Waals surface area contributed by atoms with E-state index in [1.807, 2.05) is 13.8 Å². The van der Waals surface area contributed by atoms with Crippen LogP contribution >= 0.6 is 0 Å². The number of aliphatic hydroxyl groups is 2. The van der Waals surface area contributed by atoms with Crippen LogP contribution in [0.2, 0.25) is 0 Å². The highest BCUT2D eigenvalue weighted by Gasteiger charge is 2.59. The summed E-state index contributed by atoms with van der Waals surface area (Å²) in [5.41, 5.74) is -0.550. The van der Waals surface area contributed by atoms with Crippen LogP contribution in [0, 0.1) is 40.9 Å². The van der Waals surface area contributed by atoms with Crippen molar-refractivity contribution in [2.45, 2.75) is 71.0 Å². The zero-order valence-electron chi connectivity index (χ0n) is 13.7. The number of hydrogen-bond donors (Lipinski definition) is 2. The summed E-state index contributed by atoms with van der Waals surface area (Å²) in [4.78, 5) is 12.0. The molecule has 0 bridgehead atoms. The summed E-state index contributed by atoms with van der Waals surface area (Å²) in [6.07, 6.45) is 6.08. The molecule has 6 atom stereocenters. The van der Waals surface area contributed by atoms with Crippen molar-refractivity contribution in [2.75, 3.05) is 0 Å². The number of Topliss-reactive ketones (excluding diaryl/α,β-unsaturated/α-hetero) is 1. The molecule has 3 rings (SSSR count). The highest BCUT2D eigenvalue weighted by Crippen LogP contribution is 2.55. The van der Waals surface area contributed by atoms with E-state index < -0.39 is 17.6 Å². The molecule has 0 spiro atoms. The van der Waals surface area contributed by atoms with Gasteiger partial charge in [-0.25, -0.2) is 0 Å². The molecule has 0 aromatic rings. The Hall–Kier alpha value is -0.850. The average Bonchev–Trinajstić information content (AvgIpc) is 2.55. The van der Waals surface area contributed by atoms with E-state index in [9.17, 15) is 15.0 Å². The lowest BCUT2D eigenvalue weighted by Gasteiger charge is -2.55. The predicted octanol–water partition coefficient (Wildman–Crippen LogP) is 2.54. The van der Waals surface area contributed by atoms with Crippen LogP contribution in [0.1, 0.15) is 58.8 Å². The summed E-state index contributed by atoms with van der Waals surface area (Å²) in [6, 6.07) is 0. The molecule has 3 nitrogen and oxygen atoms in total. The summed E-state index contributed by atoms with van der Waals surface area (Å²) in [7, 11) is 0. The lowest BCUT2D eigenvalue weighted by Crippen LogP contribution is -2.60. The molecule has 0 aromatic carbocycles. The van der Waals surface area contributed by atoms with E-state index in [1.165, 1.54) is 19.3 Å². The summed E-state index contributed by atoms with van der Waals surface area (Å²) in [6.45, 7) is 3.94. The van der Waals surface area contributed by atoms with E-state index in [4.69, 9.17) is 0 Å². The Kier molecular flexibility index (Phi) is 4.36. The normalized spacial score (nSPS) is 43.5. The van der Waals surface area contributed by atoms with Gasteiger partial charge in [-0.1, -0.05) is 38.0 Å². The molecule has 3 fully saturated rings. The van der Waals surface area contributed by atoms with Gasteiger partial charge < -0.3 is 10.2 Å². The maximum Gasteiger partial charge on any atom is 0.139 e. The van der Waals surface area contributed by atoms with Crippen molar-refractivity contribution in [3.05, 3.63) is 0 Å². The third kappa shape index (κ3) is 2.51. The molecule has 0 aliphatic heterocycles. The number of carbonyl (C=O) groups excluding carboxylic acids is 1. The molecule has 0 saturated heterocycles. The lowest BCUT2D eigenvalue weighted by atomic mass is 9.48. The zero-order valence-corrected chi connectivity index (χ0v) is 13.7. The van der Waals surface area contributed by atoms with Crippen molar-refractivity contribution in [2.24, 2.45) is 29.1 Å². The van der Waals surface area contributed by atoms with Gasteiger partial charge in [0, 0.05) is 11.8 Å². The first-order valence-corrected chi connectivity index (χ1v) is 8.87. The minimum atomic E-state index is -0.587. The van der Waals surface area contributed by atoms with Crippen molar-refractivity contribution in [1.82, 2.24) is 0 Å². The summed E-state index contributed by atoms with van der Waals surface area (Å²) >= 11 is 0. The van der Waals surface area contributed by atoms with Crippen LogP contribution in [-0.4, -0.2) is 28.2 Å². The quantitative estimate of drug-likeness (QED) is 0.732. The van der Waals surface area contributed by atoms with Gasteiger partial charge in [-0.15, -0.1) is 0 Å². The molecule has 0 amide bonds. The smallest absolute Gasteiger partial charge is 0.139 e. The fraction of sp³-hybridized carbons (Fsp3) is 0.842. The first kappa shape index (κ1) is 16.0. The van der Waals surface area contributed by atoms with E-state index in [1.54, 1.807) is 0 Å². The molecular weight excluding hydrogens is 276 g/mol. The Bertz CT molecular complexity index is 497. The van der Waals surface area contributed by atoms with E-state index in [0.717, 1.165) is 19.3 Å². The van der Waals surface area contributed by atoms with Crippen LogP contribution < -0.4 is 0 Å². The molecular formula is C19H28O3. The summed E-state index contributed by atoms with van der Waals surface area (Å²) in [5.74, 6) is 7.10. The van der Waals surface area contributed by atoms with Crippen molar-refractivity contribution < 1.29 is 15.0 Å². The fourth-order valence-corrected chi connectivity index (χ4v) is 5.00. The molecule has 3 heteroatoms. The Morgan fingerprint density at radius 3 is 2.55 bits per heavy atom. The molecule has 3 saturated carbocycles. The number of ketones is 1. The van der Waals surface area contributed by atoms with Gasteiger partial charge in [-0.2, -0.15) is 0 Å². The van der Waals surface area contributed by atoms with Crippen LogP contribution in [0.25, 0.3) is 0 Å². The van der Waals surface area contributed by atoms with E-state index in [0.29, 0.717) is 12.2 Å². The van der Waals surface area contributed by atoms with E-state index in [2.05, 4.69) is 11.8 Å². The predicted molar refractivity (Wildman–Crippen MR) is 84.9 cm³/mol. The molecule has 3 aliphatic carbocycles. The average molecular weight is 304 g/mol. The second-order valence-electron chi connectivity index (χ2n) is 7.81. The van der Waals surface area contributed by atoms with Gasteiger partial charge in [0.05, 0.1) is 11.5 Å². The largest absolute Gasteiger partial charge is 0.392 e. The standard InChI is InChI=1S/C19H28O3/c1-12-17-14(18(12)22)8-9-16(21)19(17,2)11-10-15(20)13-6-4-3-5-7-13/h12-17,20-21H,3-9H2,1-2H3/t12?,14-,15+,16+,17-,19-/m0/s1. The molecule has 2 N–H and O–H groups in total. The highest BCUT2D eigenvalue weighted by molar-refractivity contribution is 5.90. The van der Waals surface area contributed by atoms with Gasteiger partial charge in [0.2, 0.25) is 0 Å². The zero-order chi connectivity index (χ0) is 15.9. The maximum absolute atomic E-state index is 12.0. The highest BCUT2D eigenvalue weighted by atomic mass is 16.3. The molecule has 0 heterocycles. The first-order chi connectivity index (χ1) is 10.4. The van der Waals surface area contributed by atoms with Gasteiger partial charge in [-0.3, -0.25) is 4.79 Å². The minimum absolute atomic E-state index is 0.00827.